The molecule has 2 rings (SSSR count). The van der Waals surface area contributed by atoms with Gasteiger partial charge in [-0.15, -0.1) is 0 Å². The van der Waals surface area contributed by atoms with Gasteiger partial charge < -0.3 is 4.74 Å². The van der Waals surface area contributed by atoms with Gasteiger partial charge in [-0.1, -0.05) is 60.7 Å². The zero-order valence-corrected chi connectivity index (χ0v) is 11.4. The van der Waals surface area contributed by atoms with Crippen molar-refractivity contribution in [3.05, 3.63) is 65.8 Å². The molecule has 1 aromatic carbocycles. The van der Waals surface area contributed by atoms with Crippen LogP contribution in [0.4, 0.5) is 0 Å². The lowest BCUT2D eigenvalue weighted by Crippen LogP contribution is -2.08. The highest BCUT2D eigenvalue weighted by molar-refractivity contribution is 5.78. The smallest absolute Gasteiger partial charge is 0.327 e. The molecule has 0 heterocycles. The molecule has 0 saturated carbocycles. The summed E-state index contributed by atoms with van der Waals surface area (Å²) in [6.45, 7) is 0.0587. The van der Waals surface area contributed by atoms with Gasteiger partial charge in [0.25, 0.3) is 0 Å². The van der Waals surface area contributed by atoms with Crippen molar-refractivity contribution in [1.29, 1.82) is 0 Å². The van der Waals surface area contributed by atoms with Crippen molar-refractivity contribution in [2.75, 3.05) is 13.7 Å². The number of benzene rings is 1. The highest BCUT2D eigenvalue weighted by Gasteiger charge is 2.09. The maximum Gasteiger partial charge on any atom is 0.327 e. The normalized spacial score (nSPS) is 19.6. The number of hydrogen-bond acceptors (Lipinski definition) is 3. The minimum Gasteiger partial charge on any atom is -0.468 e. The molecule has 0 radical (unpaired) electrons. The summed E-state index contributed by atoms with van der Waals surface area (Å²) >= 11 is 0. The topological polar surface area (TPSA) is 38.7 Å². The SMILES string of the molecule is COC(=O)CN=CC1C=CC=CC1=Cc1ccccc1. The van der Waals surface area contributed by atoms with Crippen molar-refractivity contribution in [3.8, 4) is 0 Å². The molecule has 1 aliphatic carbocycles. The van der Waals surface area contributed by atoms with Gasteiger partial charge >= 0.3 is 5.97 Å². The van der Waals surface area contributed by atoms with E-state index >= 15 is 0 Å². The van der Waals surface area contributed by atoms with Crippen molar-refractivity contribution in [1.82, 2.24) is 0 Å². The zero-order chi connectivity index (χ0) is 14.2. The van der Waals surface area contributed by atoms with Crippen LogP contribution in [0.2, 0.25) is 0 Å². The number of hydrogen-bond donors (Lipinski definition) is 0. The van der Waals surface area contributed by atoms with E-state index in [-0.39, 0.29) is 18.4 Å². The van der Waals surface area contributed by atoms with Gasteiger partial charge in [0.2, 0.25) is 0 Å². The Morgan fingerprint density at radius 1 is 1.30 bits per heavy atom. The predicted molar refractivity (Wildman–Crippen MR) is 81.6 cm³/mol. The summed E-state index contributed by atoms with van der Waals surface area (Å²) in [5.41, 5.74) is 2.29. The van der Waals surface area contributed by atoms with Gasteiger partial charge in [0.15, 0.2) is 0 Å². The molecule has 0 amide bonds. The zero-order valence-electron chi connectivity index (χ0n) is 11.4. The Morgan fingerprint density at radius 3 is 2.85 bits per heavy atom. The maximum absolute atomic E-state index is 11.0. The van der Waals surface area contributed by atoms with Crippen molar-refractivity contribution >= 4 is 18.3 Å². The molecule has 1 atom stereocenters. The summed E-state index contributed by atoms with van der Waals surface area (Å²) in [4.78, 5) is 15.2. The number of rotatable bonds is 4. The number of ether oxygens (including phenoxy) is 1. The molecule has 0 bridgehead atoms. The molecule has 102 valence electrons. The lowest BCUT2D eigenvalue weighted by Gasteiger charge is -2.12. The van der Waals surface area contributed by atoms with E-state index in [4.69, 9.17) is 0 Å². The standard InChI is InChI=1S/C17H17NO2/c1-20-17(19)13-18-12-16-10-6-5-9-15(16)11-14-7-3-2-4-8-14/h2-12,16H,13H2,1H3. The first-order chi connectivity index (χ1) is 9.79. The van der Waals surface area contributed by atoms with Crippen LogP contribution in [0.15, 0.2) is 65.2 Å². The first-order valence-corrected chi connectivity index (χ1v) is 6.48. The Kier molecular flexibility index (Phi) is 5.07. The molecule has 0 N–H and O–H groups in total. The van der Waals surface area contributed by atoms with Gasteiger partial charge in [0, 0.05) is 12.1 Å². The Morgan fingerprint density at radius 2 is 2.10 bits per heavy atom. The molecule has 0 aliphatic heterocycles. The van der Waals surface area contributed by atoms with Crippen LogP contribution in [0.1, 0.15) is 5.56 Å². The molecule has 3 heteroatoms. The van der Waals surface area contributed by atoms with Gasteiger partial charge in [-0.05, 0) is 11.1 Å². The lowest BCUT2D eigenvalue weighted by atomic mass is 9.94. The third kappa shape index (κ3) is 4.05. The van der Waals surface area contributed by atoms with Crippen molar-refractivity contribution in [2.24, 2.45) is 10.9 Å². The quantitative estimate of drug-likeness (QED) is 0.621. The molecule has 0 fully saturated rings. The van der Waals surface area contributed by atoms with Crippen molar-refractivity contribution in [2.45, 2.75) is 0 Å². The number of carbonyl (C=O) groups is 1. The fraction of sp³-hybridized carbons (Fsp3) is 0.176. The fourth-order valence-electron chi connectivity index (χ4n) is 1.90. The van der Waals surface area contributed by atoms with E-state index < -0.39 is 0 Å². The second-order valence-electron chi connectivity index (χ2n) is 4.39. The number of carbonyl (C=O) groups excluding carboxylic acids is 1. The molecule has 0 aromatic heterocycles. The van der Waals surface area contributed by atoms with Gasteiger partial charge in [-0.3, -0.25) is 9.79 Å². The molecule has 0 saturated heterocycles. The average molecular weight is 267 g/mol. The number of aliphatic imine (C=N–C) groups is 1. The van der Waals surface area contributed by atoms with Crippen LogP contribution in [0.5, 0.6) is 0 Å². The highest BCUT2D eigenvalue weighted by atomic mass is 16.5. The number of methoxy groups -OCH3 is 1. The maximum atomic E-state index is 11.0. The van der Waals surface area contributed by atoms with Gasteiger partial charge in [-0.2, -0.15) is 0 Å². The van der Waals surface area contributed by atoms with Crippen LogP contribution in [-0.4, -0.2) is 25.8 Å². The van der Waals surface area contributed by atoms with E-state index in [9.17, 15) is 4.79 Å². The molecule has 1 aromatic rings. The van der Waals surface area contributed by atoms with E-state index in [2.05, 4.69) is 40.1 Å². The summed E-state index contributed by atoms with van der Waals surface area (Å²) in [5.74, 6) is -0.241. The molecule has 0 spiro atoms. The first-order valence-electron chi connectivity index (χ1n) is 6.48. The summed E-state index contributed by atoms with van der Waals surface area (Å²) in [7, 11) is 1.36. The predicted octanol–water partition coefficient (Wildman–Crippen LogP) is 3.06. The van der Waals surface area contributed by atoms with E-state index in [1.54, 1.807) is 6.21 Å². The number of esters is 1. The van der Waals surface area contributed by atoms with Gasteiger partial charge in [0.05, 0.1) is 7.11 Å². The highest BCUT2D eigenvalue weighted by Crippen LogP contribution is 2.20. The van der Waals surface area contributed by atoms with Crippen LogP contribution in [0.3, 0.4) is 0 Å². The second-order valence-corrected chi connectivity index (χ2v) is 4.39. The Hall–Kier alpha value is -2.42. The van der Waals surface area contributed by atoms with E-state index in [1.807, 2.05) is 30.4 Å². The van der Waals surface area contributed by atoms with Gasteiger partial charge in [-0.25, -0.2) is 0 Å². The van der Waals surface area contributed by atoms with Crippen molar-refractivity contribution < 1.29 is 9.53 Å². The summed E-state index contributed by atoms with van der Waals surface area (Å²) in [6.07, 6.45) is 12.0. The molecular formula is C17H17NO2. The van der Waals surface area contributed by atoms with Crippen LogP contribution in [-0.2, 0) is 9.53 Å². The van der Waals surface area contributed by atoms with E-state index in [0.717, 1.165) is 11.1 Å². The molecule has 20 heavy (non-hydrogen) atoms. The Bertz CT molecular complexity index is 568. The van der Waals surface area contributed by atoms with Crippen LogP contribution in [0.25, 0.3) is 6.08 Å². The van der Waals surface area contributed by atoms with Gasteiger partial charge in [0.1, 0.15) is 6.54 Å². The second kappa shape index (κ2) is 7.24. The minimum atomic E-state index is -0.329. The average Bonchev–Trinajstić information content (AvgIpc) is 2.50. The molecular weight excluding hydrogens is 250 g/mol. The number of allylic oxidation sites excluding steroid dienone is 5. The fourth-order valence-corrected chi connectivity index (χ4v) is 1.90. The monoisotopic (exact) mass is 267 g/mol. The van der Waals surface area contributed by atoms with Crippen LogP contribution >= 0.6 is 0 Å². The summed E-state index contributed by atoms with van der Waals surface area (Å²) in [6, 6.07) is 10.1. The minimum absolute atomic E-state index is 0.0587. The third-order valence-corrected chi connectivity index (χ3v) is 2.95. The lowest BCUT2D eigenvalue weighted by molar-refractivity contribution is -0.138. The van der Waals surface area contributed by atoms with E-state index in [0.29, 0.717) is 0 Å². The van der Waals surface area contributed by atoms with E-state index in [1.165, 1.54) is 7.11 Å². The third-order valence-electron chi connectivity index (χ3n) is 2.95. The Labute approximate surface area is 119 Å². The number of nitrogens with zero attached hydrogens (tertiary/aromatic N) is 1. The summed E-state index contributed by atoms with van der Waals surface area (Å²) < 4.78 is 4.56. The summed E-state index contributed by atoms with van der Waals surface area (Å²) in [5, 5.41) is 0. The largest absolute Gasteiger partial charge is 0.468 e. The molecule has 1 unspecified atom stereocenters. The first kappa shape index (κ1) is 14.0. The van der Waals surface area contributed by atoms with Crippen LogP contribution in [0, 0.1) is 5.92 Å². The van der Waals surface area contributed by atoms with Crippen molar-refractivity contribution in [3.63, 3.8) is 0 Å². The molecule has 1 aliphatic rings. The van der Waals surface area contributed by atoms with Crippen LogP contribution < -0.4 is 0 Å². The Balaban J connectivity index is 2.11. The molecule has 3 nitrogen and oxygen atoms in total.